The number of nitrogens with two attached hydrogens (primary N) is 2. The molecule has 144 valence electrons. The molecule has 0 aliphatic heterocycles. The quantitative estimate of drug-likeness (QED) is 0.517. The van der Waals surface area contributed by atoms with Crippen LogP contribution < -0.4 is 10.9 Å². The Morgan fingerprint density at radius 3 is 2.43 bits per heavy atom. The van der Waals surface area contributed by atoms with Crippen molar-refractivity contribution >= 4 is 48.3 Å². The molecule has 4 aromatic rings. The lowest BCUT2D eigenvalue weighted by atomic mass is 10.0. The normalized spacial score (nSPS) is 12.1. The van der Waals surface area contributed by atoms with Crippen LogP contribution in [0.2, 0.25) is 0 Å². The molecule has 0 bridgehead atoms. The molecule has 2 aromatic carbocycles. The minimum Gasteiger partial charge on any atom is -0.382 e. The van der Waals surface area contributed by atoms with E-state index >= 15 is 0 Å². The second-order valence-electron chi connectivity index (χ2n) is 6.77. The predicted molar refractivity (Wildman–Crippen MR) is 116 cm³/mol. The number of aryl methyl sites for hydroxylation is 1. The Kier molecular flexibility index (Phi) is 4.78. The van der Waals surface area contributed by atoms with Gasteiger partial charge in [-0.1, -0.05) is 43.3 Å². The second-order valence-corrected chi connectivity index (χ2v) is 9.47. The number of benzene rings is 2. The molecule has 0 atom stereocenters. The van der Waals surface area contributed by atoms with Crippen molar-refractivity contribution in [1.82, 2.24) is 9.97 Å². The van der Waals surface area contributed by atoms with Crippen LogP contribution in [0.1, 0.15) is 23.9 Å². The van der Waals surface area contributed by atoms with Gasteiger partial charge in [-0.25, -0.2) is 23.5 Å². The zero-order valence-electron chi connectivity index (χ0n) is 15.3. The molecule has 0 saturated heterocycles. The number of rotatable bonds is 5. The summed E-state index contributed by atoms with van der Waals surface area (Å²) < 4.78 is 23.5. The van der Waals surface area contributed by atoms with Gasteiger partial charge in [0.15, 0.2) is 5.82 Å². The molecule has 0 spiro atoms. The third-order valence-corrected chi connectivity index (χ3v) is 6.40. The van der Waals surface area contributed by atoms with Crippen molar-refractivity contribution in [3.63, 3.8) is 0 Å². The van der Waals surface area contributed by atoms with Gasteiger partial charge in [-0.15, -0.1) is 11.3 Å². The predicted octanol–water partition coefficient (Wildman–Crippen LogP) is 3.83. The van der Waals surface area contributed by atoms with Crippen LogP contribution in [0.5, 0.6) is 0 Å². The van der Waals surface area contributed by atoms with Crippen LogP contribution in [0.25, 0.3) is 32.2 Å². The fraction of sp³-hybridized carbons (Fsp3) is 0.200. The van der Waals surface area contributed by atoms with E-state index in [0.717, 1.165) is 50.1 Å². The Hall–Kier alpha value is -2.55. The number of fused-ring (bicyclic) bond motifs is 3. The molecule has 0 aliphatic carbocycles. The standard InChI is InChI=1S/C20H20N4O2S2/c1-2-3-17-24-18-19(27-17)15-9-8-14(10-16(15)23-20(18)21)13-6-4-12(5-7-13)11-28(22,25)26/h4-10H,2-3,11H2,1H3,(H2,21,23)(H2,22,25,26). The summed E-state index contributed by atoms with van der Waals surface area (Å²) >= 11 is 1.67. The van der Waals surface area contributed by atoms with Gasteiger partial charge in [0.05, 0.1) is 21.0 Å². The molecule has 4 N–H and O–H groups in total. The number of sulfonamides is 1. The lowest BCUT2D eigenvalue weighted by Gasteiger charge is -2.07. The number of anilines is 1. The van der Waals surface area contributed by atoms with Gasteiger partial charge in [-0.2, -0.15) is 0 Å². The monoisotopic (exact) mass is 412 g/mol. The molecule has 8 heteroatoms. The Balaban J connectivity index is 1.76. The number of hydrogen-bond acceptors (Lipinski definition) is 6. The van der Waals surface area contributed by atoms with Crippen LogP contribution in [0.3, 0.4) is 0 Å². The van der Waals surface area contributed by atoms with E-state index in [4.69, 9.17) is 10.9 Å². The Morgan fingerprint density at radius 2 is 1.75 bits per heavy atom. The first-order valence-electron chi connectivity index (χ1n) is 8.92. The van der Waals surface area contributed by atoms with Gasteiger partial charge in [0, 0.05) is 5.39 Å². The van der Waals surface area contributed by atoms with Gasteiger partial charge in [0.1, 0.15) is 5.52 Å². The van der Waals surface area contributed by atoms with Crippen LogP contribution in [-0.4, -0.2) is 18.4 Å². The molecule has 6 nitrogen and oxygen atoms in total. The van der Waals surface area contributed by atoms with Gasteiger partial charge < -0.3 is 5.73 Å². The van der Waals surface area contributed by atoms with E-state index in [1.54, 1.807) is 23.5 Å². The molecule has 2 aromatic heterocycles. The summed E-state index contributed by atoms with van der Waals surface area (Å²) in [5.41, 5.74) is 10.4. The number of hydrogen-bond donors (Lipinski definition) is 2. The highest BCUT2D eigenvalue weighted by Crippen LogP contribution is 2.34. The molecule has 4 rings (SSSR count). The van der Waals surface area contributed by atoms with E-state index in [1.165, 1.54) is 0 Å². The van der Waals surface area contributed by atoms with E-state index < -0.39 is 10.0 Å². The van der Waals surface area contributed by atoms with Gasteiger partial charge in [-0.05, 0) is 35.6 Å². The van der Waals surface area contributed by atoms with E-state index in [-0.39, 0.29) is 5.75 Å². The average molecular weight is 413 g/mol. The molecule has 0 unspecified atom stereocenters. The highest BCUT2D eigenvalue weighted by atomic mass is 32.2. The Bertz CT molecular complexity index is 1280. The first kappa shape index (κ1) is 18.8. The summed E-state index contributed by atoms with van der Waals surface area (Å²) in [6.45, 7) is 2.13. The van der Waals surface area contributed by atoms with Gasteiger partial charge in [-0.3, -0.25) is 0 Å². The van der Waals surface area contributed by atoms with Crippen LogP contribution in [0.4, 0.5) is 5.82 Å². The number of aromatic nitrogens is 2. The Labute approximate surface area is 167 Å². The summed E-state index contributed by atoms with van der Waals surface area (Å²) in [6.07, 6.45) is 1.97. The second kappa shape index (κ2) is 7.12. The van der Waals surface area contributed by atoms with Crippen molar-refractivity contribution in [2.45, 2.75) is 25.5 Å². The number of primary sulfonamides is 1. The molecular weight excluding hydrogens is 392 g/mol. The molecule has 28 heavy (non-hydrogen) atoms. The third-order valence-electron chi connectivity index (χ3n) is 4.52. The smallest absolute Gasteiger partial charge is 0.213 e. The summed E-state index contributed by atoms with van der Waals surface area (Å²) in [6, 6.07) is 13.4. The zero-order valence-corrected chi connectivity index (χ0v) is 17.0. The van der Waals surface area contributed by atoms with Crippen molar-refractivity contribution in [1.29, 1.82) is 0 Å². The lowest BCUT2D eigenvalue weighted by molar-refractivity contribution is 0.597. The maximum absolute atomic E-state index is 11.2. The summed E-state index contributed by atoms with van der Waals surface area (Å²) in [7, 11) is -3.54. The third kappa shape index (κ3) is 3.71. The fourth-order valence-corrected chi connectivity index (χ4v) is 5.11. The maximum atomic E-state index is 11.2. The lowest BCUT2D eigenvalue weighted by Crippen LogP contribution is -2.14. The molecule has 2 heterocycles. The maximum Gasteiger partial charge on any atom is 0.213 e. The average Bonchev–Trinajstić information content (AvgIpc) is 3.06. The van der Waals surface area contributed by atoms with Crippen molar-refractivity contribution in [3.8, 4) is 11.1 Å². The summed E-state index contributed by atoms with van der Waals surface area (Å²) in [5, 5.41) is 7.22. The number of nitrogen functional groups attached to an aromatic ring is 1. The minimum atomic E-state index is -3.54. The molecular formula is C20H20N4O2S2. The largest absolute Gasteiger partial charge is 0.382 e. The van der Waals surface area contributed by atoms with E-state index in [0.29, 0.717) is 11.4 Å². The SMILES string of the molecule is CCCc1nc2c(N)nc3cc(-c4ccc(CS(N)(=O)=O)cc4)ccc3c2s1. The zero-order chi connectivity index (χ0) is 19.9. The van der Waals surface area contributed by atoms with Crippen molar-refractivity contribution in [3.05, 3.63) is 53.0 Å². The number of nitrogens with zero attached hydrogens (tertiary/aromatic N) is 2. The van der Waals surface area contributed by atoms with Gasteiger partial charge in [0.25, 0.3) is 0 Å². The first-order chi connectivity index (χ1) is 13.3. The molecule has 0 amide bonds. The molecule has 0 radical (unpaired) electrons. The molecule has 0 fully saturated rings. The van der Waals surface area contributed by atoms with Crippen molar-refractivity contribution in [2.75, 3.05) is 5.73 Å². The van der Waals surface area contributed by atoms with Crippen LogP contribution in [0.15, 0.2) is 42.5 Å². The highest BCUT2D eigenvalue weighted by molar-refractivity contribution is 7.88. The summed E-state index contributed by atoms with van der Waals surface area (Å²) in [4.78, 5) is 9.20. The van der Waals surface area contributed by atoms with E-state index in [9.17, 15) is 8.42 Å². The topological polar surface area (TPSA) is 112 Å². The van der Waals surface area contributed by atoms with E-state index in [1.807, 2.05) is 30.3 Å². The number of thiazole rings is 1. The van der Waals surface area contributed by atoms with Crippen molar-refractivity contribution in [2.24, 2.45) is 5.14 Å². The highest BCUT2D eigenvalue weighted by Gasteiger charge is 2.13. The number of pyridine rings is 1. The first-order valence-corrected chi connectivity index (χ1v) is 11.5. The van der Waals surface area contributed by atoms with Crippen molar-refractivity contribution < 1.29 is 8.42 Å². The minimum absolute atomic E-state index is 0.174. The molecule has 0 aliphatic rings. The van der Waals surface area contributed by atoms with E-state index in [2.05, 4.69) is 16.9 Å². The van der Waals surface area contributed by atoms with Crippen LogP contribution >= 0.6 is 11.3 Å². The van der Waals surface area contributed by atoms with Gasteiger partial charge >= 0.3 is 0 Å². The van der Waals surface area contributed by atoms with Crippen LogP contribution in [0, 0.1) is 0 Å². The van der Waals surface area contributed by atoms with Crippen LogP contribution in [-0.2, 0) is 22.2 Å². The molecule has 0 saturated carbocycles. The fourth-order valence-electron chi connectivity index (χ4n) is 3.25. The summed E-state index contributed by atoms with van der Waals surface area (Å²) in [5.74, 6) is 0.272. The van der Waals surface area contributed by atoms with Gasteiger partial charge in [0.2, 0.25) is 10.0 Å². The Morgan fingerprint density at radius 1 is 1.04 bits per heavy atom.